The molecule has 0 saturated heterocycles. The average molecular weight is 589 g/mol. The van der Waals surface area contributed by atoms with E-state index >= 15 is 4.39 Å². The van der Waals surface area contributed by atoms with Crippen LogP contribution < -0.4 is 24.3 Å². The number of methoxy groups -OCH3 is 3. The first kappa shape index (κ1) is 29.0. The van der Waals surface area contributed by atoms with Crippen LogP contribution in [0.15, 0.2) is 54.7 Å². The van der Waals surface area contributed by atoms with Crippen molar-refractivity contribution >= 4 is 22.6 Å². The summed E-state index contributed by atoms with van der Waals surface area (Å²) in [5.41, 5.74) is 2.04. The van der Waals surface area contributed by atoms with E-state index in [1.54, 1.807) is 19.9 Å². The van der Waals surface area contributed by atoms with Gasteiger partial charge in [-0.2, -0.15) is 0 Å². The highest BCUT2D eigenvalue weighted by Gasteiger charge is 2.23. The topological polar surface area (TPSA) is 125 Å². The molecule has 0 bridgehead atoms. The monoisotopic (exact) mass is 588 g/mol. The molecular weight excluding hydrogens is 562 g/mol. The van der Waals surface area contributed by atoms with Crippen LogP contribution in [0.1, 0.15) is 21.7 Å². The van der Waals surface area contributed by atoms with Crippen molar-refractivity contribution in [2.45, 2.75) is 13.8 Å². The van der Waals surface area contributed by atoms with E-state index in [1.807, 2.05) is 0 Å². The smallest absolute Gasteiger partial charge is 0.261 e. The molecule has 2 aromatic carbocycles. The number of ether oxygens (including phenoxy) is 4. The molecule has 0 atom stereocenters. The molecule has 3 heterocycles. The van der Waals surface area contributed by atoms with Gasteiger partial charge in [-0.25, -0.2) is 13.8 Å². The first-order valence-corrected chi connectivity index (χ1v) is 12.9. The van der Waals surface area contributed by atoms with Crippen molar-refractivity contribution in [2.75, 3.05) is 26.6 Å². The molecule has 10 nitrogen and oxygen atoms in total. The number of hydrogen-bond acceptors (Lipinski definition) is 9. The van der Waals surface area contributed by atoms with Crippen LogP contribution in [0.25, 0.3) is 22.2 Å². The van der Waals surface area contributed by atoms with Crippen molar-refractivity contribution < 1.29 is 37.6 Å². The van der Waals surface area contributed by atoms with E-state index in [4.69, 9.17) is 18.9 Å². The van der Waals surface area contributed by atoms with Crippen molar-refractivity contribution in [1.29, 1.82) is 0 Å². The van der Waals surface area contributed by atoms with Gasteiger partial charge in [0.2, 0.25) is 0 Å². The summed E-state index contributed by atoms with van der Waals surface area (Å²) in [7, 11) is 4.23. The van der Waals surface area contributed by atoms with Crippen molar-refractivity contribution in [3.05, 3.63) is 83.3 Å². The van der Waals surface area contributed by atoms with Gasteiger partial charge < -0.3 is 29.4 Å². The molecule has 0 aliphatic rings. The molecule has 12 heteroatoms. The lowest BCUT2D eigenvalue weighted by Gasteiger charge is -2.16. The van der Waals surface area contributed by atoms with Gasteiger partial charge in [0.15, 0.2) is 34.6 Å². The fraction of sp³-hybridized carbons (Fsp3) is 0.161. The maximum Gasteiger partial charge on any atom is 0.261 e. The minimum absolute atomic E-state index is 0.0323. The SMILES string of the molecule is COc1cc(-c2c(C)nc(C)c(C(=O)Nc3ccc(Oc4ccnc5cc(OC)c(OC)nc45)c(F)c3)c2O)ccc1F. The first-order valence-electron chi connectivity index (χ1n) is 12.9. The highest BCUT2D eigenvalue weighted by atomic mass is 19.1. The predicted molar refractivity (Wildman–Crippen MR) is 154 cm³/mol. The molecule has 5 aromatic rings. The number of carbonyl (C=O) groups is 1. The summed E-state index contributed by atoms with van der Waals surface area (Å²) in [6.45, 7) is 3.22. The molecule has 5 rings (SSSR count). The Morgan fingerprint density at radius 3 is 2.28 bits per heavy atom. The van der Waals surface area contributed by atoms with E-state index in [2.05, 4.69) is 20.3 Å². The van der Waals surface area contributed by atoms with Crippen molar-refractivity contribution in [3.63, 3.8) is 0 Å². The summed E-state index contributed by atoms with van der Waals surface area (Å²) in [6.07, 6.45) is 1.48. The highest BCUT2D eigenvalue weighted by molar-refractivity contribution is 6.08. The number of pyridine rings is 3. The minimum Gasteiger partial charge on any atom is -0.506 e. The Balaban J connectivity index is 1.43. The van der Waals surface area contributed by atoms with Gasteiger partial charge in [0.25, 0.3) is 11.8 Å². The number of benzene rings is 2. The molecule has 3 aromatic heterocycles. The normalized spacial score (nSPS) is 10.9. The fourth-order valence-corrected chi connectivity index (χ4v) is 4.62. The van der Waals surface area contributed by atoms with Gasteiger partial charge in [-0.05, 0) is 43.7 Å². The fourth-order valence-electron chi connectivity index (χ4n) is 4.62. The second-order valence-corrected chi connectivity index (χ2v) is 9.31. The van der Waals surface area contributed by atoms with E-state index in [1.165, 1.54) is 63.9 Å². The molecule has 0 aliphatic heterocycles. The number of amides is 1. The molecular formula is C31H26F2N4O6. The highest BCUT2D eigenvalue weighted by Crippen LogP contribution is 2.39. The number of rotatable bonds is 8. The van der Waals surface area contributed by atoms with Gasteiger partial charge in [-0.3, -0.25) is 14.8 Å². The number of aromatic hydroxyl groups is 1. The third-order valence-electron chi connectivity index (χ3n) is 6.63. The Bertz CT molecular complexity index is 1880. The summed E-state index contributed by atoms with van der Waals surface area (Å²) in [4.78, 5) is 26.3. The molecule has 2 N–H and O–H groups in total. The number of anilines is 1. The largest absolute Gasteiger partial charge is 0.506 e. The van der Waals surface area contributed by atoms with Crippen LogP contribution >= 0.6 is 0 Å². The van der Waals surface area contributed by atoms with Crippen molar-refractivity contribution in [2.24, 2.45) is 0 Å². The molecule has 43 heavy (non-hydrogen) atoms. The number of halogens is 2. The molecule has 0 saturated carbocycles. The van der Waals surface area contributed by atoms with Crippen LogP contribution in [0, 0.1) is 25.5 Å². The summed E-state index contributed by atoms with van der Waals surface area (Å²) in [5.74, 6) is -1.80. The zero-order valence-corrected chi connectivity index (χ0v) is 23.8. The number of hydrogen-bond donors (Lipinski definition) is 2. The Morgan fingerprint density at radius 1 is 0.814 bits per heavy atom. The van der Waals surface area contributed by atoms with E-state index < -0.39 is 17.5 Å². The lowest BCUT2D eigenvalue weighted by Crippen LogP contribution is -2.15. The number of aromatic nitrogens is 3. The van der Waals surface area contributed by atoms with E-state index in [0.29, 0.717) is 28.0 Å². The zero-order valence-electron chi connectivity index (χ0n) is 23.8. The molecule has 0 aliphatic carbocycles. The summed E-state index contributed by atoms with van der Waals surface area (Å²) >= 11 is 0. The number of fused-ring (bicyclic) bond motifs is 1. The van der Waals surface area contributed by atoms with Gasteiger partial charge >= 0.3 is 0 Å². The number of carbonyl (C=O) groups excluding carboxylic acids is 1. The Hall–Kier alpha value is -5.52. The van der Waals surface area contributed by atoms with E-state index in [9.17, 15) is 14.3 Å². The molecule has 0 spiro atoms. The molecule has 0 fully saturated rings. The standard InChI is InChI=1S/C31H26F2N4O6/c1-15-26(17-6-8-19(32)24(12-17)40-3)29(38)27(16(2)35-15)30(39)36-18-7-9-22(20(33)13-18)43-23-10-11-34-21-14-25(41-4)31(42-5)37-28(21)23/h6-14H,1-5H3,(H,35,38)(H,36,39). The number of aryl methyl sites for hydroxylation is 2. The third-order valence-corrected chi connectivity index (χ3v) is 6.63. The van der Waals surface area contributed by atoms with E-state index in [-0.39, 0.29) is 51.4 Å². The molecule has 220 valence electrons. The molecule has 1 amide bonds. The summed E-state index contributed by atoms with van der Waals surface area (Å²) in [6, 6.07) is 11.0. The van der Waals surface area contributed by atoms with Gasteiger partial charge in [0.05, 0.1) is 32.5 Å². The first-order chi connectivity index (χ1) is 20.6. The third kappa shape index (κ3) is 5.54. The second-order valence-electron chi connectivity index (χ2n) is 9.31. The van der Waals surface area contributed by atoms with Crippen LogP contribution in [0.3, 0.4) is 0 Å². The minimum atomic E-state index is -0.773. The Labute approximate surface area is 244 Å². The molecule has 0 unspecified atom stereocenters. The van der Waals surface area contributed by atoms with Crippen LogP contribution in [-0.2, 0) is 0 Å². The zero-order chi connectivity index (χ0) is 30.8. The molecule has 0 radical (unpaired) electrons. The second kappa shape index (κ2) is 11.8. The Kier molecular flexibility index (Phi) is 7.93. The predicted octanol–water partition coefficient (Wildman–Crippen LogP) is 6.36. The summed E-state index contributed by atoms with van der Waals surface area (Å²) < 4.78 is 50.6. The van der Waals surface area contributed by atoms with Gasteiger partial charge in [0.1, 0.15) is 16.8 Å². The Morgan fingerprint density at radius 2 is 1.58 bits per heavy atom. The van der Waals surface area contributed by atoms with Crippen LogP contribution in [0.4, 0.5) is 14.5 Å². The van der Waals surface area contributed by atoms with Gasteiger partial charge in [-0.15, -0.1) is 0 Å². The quantitative estimate of drug-likeness (QED) is 0.213. The van der Waals surface area contributed by atoms with Gasteiger partial charge in [0, 0.05) is 41.3 Å². The van der Waals surface area contributed by atoms with Gasteiger partial charge in [-0.1, -0.05) is 6.07 Å². The van der Waals surface area contributed by atoms with Crippen LogP contribution in [0.5, 0.6) is 34.6 Å². The van der Waals surface area contributed by atoms with Crippen molar-refractivity contribution in [1.82, 2.24) is 15.0 Å². The van der Waals surface area contributed by atoms with E-state index in [0.717, 1.165) is 6.07 Å². The summed E-state index contributed by atoms with van der Waals surface area (Å²) in [5, 5.41) is 13.7. The average Bonchev–Trinajstić information content (AvgIpc) is 2.98. The van der Waals surface area contributed by atoms with Crippen LogP contribution in [0.2, 0.25) is 0 Å². The maximum absolute atomic E-state index is 15.2. The number of nitrogens with one attached hydrogen (secondary N) is 1. The lowest BCUT2D eigenvalue weighted by molar-refractivity contribution is 0.102. The van der Waals surface area contributed by atoms with Crippen LogP contribution in [-0.4, -0.2) is 47.3 Å². The maximum atomic E-state index is 15.2. The number of nitrogens with zero attached hydrogens (tertiary/aromatic N) is 3. The van der Waals surface area contributed by atoms with Crippen molar-refractivity contribution in [3.8, 4) is 45.8 Å². The lowest BCUT2D eigenvalue weighted by atomic mass is 9.98.